The van der Waals surface area contributed by atoms with Gasteiger partial charge in [0.15, 0.2) is 0 Å². The maximum absolute atomic E-state index is 12.3. The summed E-state index contributed by atoms with van der Waals surface area (Å²) in [4.78, 5) is 15.1. The molecule has 1 atom stereocenters. The molecule has 2 heterocycles. The summed E-state index contributed by atoms with van der Waals surface area (Å²) in [6.45, 7) is 0.474. The molecule has 5 nitrogen and oxygen atoms in total. The zero-order valence-corrected chi connectivity index (χ0v) is 9.83. The number of carbonyl (C=O) groups is 1. The van der Waals surface area contributed by atoms with Crippen LogP contribution in [0.15, 0.2) is 18.3 Å². The summed E-state index contributed by atoms with van der Waals surface area (Å²) in [5.74, 6) is -0.494. The van der Waals surface area contributed by atoms with Gasteiger partial charge in [-0.3, -0.25) is 4.79 Å². The average Bonchev–Trinajstić information content (AvgIpc) is 2.77. The zero-order chi connectivity index (χ0) is 14.1. The lowest BCUT2D eigenvalue weighted by Crippen LogP contribution is -2.51. The van der Waals surface area contributed by atoms with E-state index in [4.69, 9.17) is 10.5 Å². The van der Waals surface area contributed by atoms with Crippen molar-refractivity contribution in [1.29, 1.82) is 0 Å². The molecule has 1 aromatic rings. The van der Waals surface area contributed by atoms with Gasteiger partial charge < -0.3 is 15.8 Å². The number of anilines is 1. The monoisotopic (exact) mass is 275 g/mol. The van der Waals surface area contributed by atoms with Crippen molar-refractivity contribution in [2.75, 3.05) is 18.5 Å². The number of hydrogen-bond acceptors (Lipinski definition) is 4. The number of alkyl halides is 3. The van der Waals surface area contributed by atoms with E-state index in [-0.39, 0.29) is 12.3 Å². The Labute approximate surface area is 106 Å². The number of nitrogens with zero attached hydrogens (tertiary/aromatic N) is 1. The SMILES string of the molecule is NC1(C(=O)Nc2ccc(C(F)(F)F)nc2)CCOC1. The normalized spacial score (nSPS) is 23.4. The summed E-state index contributed by atoms with van der Waals surface area (Å²) in [5, 5.41) is 2.43. The second kappa shape index (κ2) is 4.78. The topological polar surface area (TPSA) is 77.2 Å². The van der Waals surface area contributed by atoms with Gasteiger partial charge in [0.25, 0.3) is 0 Å². The van der Waals surface area contributed by atoms with E-state index >= 15 is 0 Å². The maximum Gasteiger partial charge on any atom is 0.433 e. The van der Waals surface area contributed by atoms with Crippen molar-refractivity contribution >= 4 is 11.6 Å². The molecule has 0 aromatic carbocycles. The van der Waals surface area contributed by atoms with Gasteiger partial charge in [-0.1, -0.05) is 0 Å². The number of carbonyl (C=O) groups excluding carboxylic acids is 1. The van der Waals surface area contributed by atoms with Crippen LogP contribution in [0, 0.1) is 0 Å². The van der Waals surface area contributed by atoms with Crippen LogP contribution in [0.1, 0.15) is 12.1 Å². The highest BCUT2D eigenvalue weighted by Crippen LogP contribution is 2.28. The molecular weight excluding hydrogens is 263 g/mol. The summed E-state index contributed by atoms with van der Waals surface area (Å²) in [7, 11) is 0. The summed E-state index contributed by atoms with van der Waals surface area (Å²) in [6.07, 6.45) is -3.19. The highest BCUT2D eigenvalue weighted by molar-refractivity contribution is 5.98. The lowest BCUT2D eigenvalue weighted by Gasteiger charge is -2.20. The number of aromatic nitrogens is 1. The number of nitrogens with two attached hydrogens (primary N) is 1. The van der Waals surface area contributed by atoms with Gasteiger partial charge in [-0.05, 0) is 18.6 Å². The fraction of sp³-hybridized carbons (Fsp3) is 0.455. The quantitative estimate of drug-likeness (QED) is 0.849. The summed E-state index contributed by atoms with van der Waals surface area (Å²) >= 11 is 0. The Balaban J connectivity index is 2.06. The van der Waals surface area contributed by atoms with Crippen molar-refractivity contribution in [2.24, 2.45) is 5.73 Å². The predicted octanol–water partition coefficient (Wildman–Crippen LogP) is 1.16. The van der Waals surface area contributed by atoms with Crippen molar-refractivity contribution in [1.82, 2.24) is 4.98 Å². The van der Waals surface area contributed by atoms with Crippen molar-refractivity contribution in [3.8, 4) is 0 Å². The molecule has 1 saturated heterocycles. The molecule has 19 heavy (non-hydrogen) atoms. The van der Waals surface area contributed by atoms with E-state index in [1.165, 1.54) is 0 Å². The molecule has 1 amide bonds. The van der Waals surface area contributed by atoms with Crippen LogP contribution < -0.4 is 11.1 Å². The summed E-state index contributed by atoms with van der Waals surface area (Å²) in [6, 6.07) is 1.93. The minimum absolute atomic E-state index is 0.0902. The molecule has 0 radical (unpaired) electrons. The zero-order valence-electron chi connectivity index (χ0n) is 9.83. The highest BCUT2D eigenvalue weighted by atomic mass is 19.4. The Kier molecular flexibility index (Phi) is 3.46. The number of halogens is 3. The third-order valence-electron chi connectivity index (χ3n) is 2.82. The summed E-state index contributed by atoms with van der Waals surface area (Å²) < 4.78 is 41.9. The lowest BCUT2D eigenvalue weighted by molar-refractivity contribution is -0.141. The third kappa shape index (κ3) is 3.02. The molecular formula is C11H12F3N3O2. The van der Waals surface area contributed by atoms with Crippen LogP contribution in [0.2, 0.25) is 0 Å². The highest BCUT2D eigenvalue weighted by Gasteiger charge is 2.38. The smallest absolute Gasteiger partial charge is 0.379 e. The molecule has 104 valence electrons. The van der Waals surface area contributed by atoms with Gasteiger partial charge in [0.1, 0.15) is 11.2 Å². The van der Waals surface area contributed by atoms with E-state index in [2.05, 4.69) is 10.3 Å². The molecule has 1 unspecified atom stereocenters. The number of pyridine rings is 1. The lowest BCUT2D eigenvalue weighted by atomic mass is 9.99. The standard InChI is InChI=1S/C11H12F3N3O2/c12-11(13,14)8-2-1-7(5-16-8)17-9(18)10(15)3-4-19-6-10/h1-2,5H,3-4,6,15H2,(H,17,18). The molecule has 0 bridgehead atoms. The minimum atomic E-state index is -4.50. The van der Waals surface area contributed by atoms with Gasteiger partial charge in [-0.25, -0.2) is 4.98 Å². The molecule has 1 aliphatic rings. The van der Waals surface area contributed by atoms with Gasteiger partial charge in [-0.15, -0.1) is 0 Å². The average molecular weight is 275 g/mol. The predicted molar refractivity (Wildman–Crippen MR) is 60.2 cm³/mol. The van der Waals surface area contributed by atoms with E-state index < -0.39 is 23.3 Å². The van der Waals surface area contributed by atoms with E-state index in [1.807, 2.05) is 0 Å². The number of rotatable bonds is 2. The van der Waals surface area contributed by atoms with Crippen LogP contribution in [0.3, 0.4) is 0 Å². The molecule has 0 aliphatic carbocycles. The number of ether oxygens (including phenoxy) is 1. The second-order valence-corrected chi connectivity index (χ2v) is 4.34. The Bertz CT molecular complexity index is 467. The van der Waals surface area contributed by atoms with Crippen LogP contribution >= 0.6 is 0 Å². The maximum atomic E-state index is 12.3. The van der Waals surface area contributed by atoms with Crippen molar-refractivity contribution in [2.45, 2.75) is 18.1 Å². The Hall–Kier alpha value is -1.67. The Morgan fingerprint density at radius 3 is 2.68 bits per heavy atom. The Morgan fingerprint density at radius 1 is 1.47 bits per heavy atom. The van der Waals surface area contributed by atoms with E-state index in [0.717, 1.165) is 18.3 Å². The first-order valence-corrected chi connectivity index (χ1v) is 5.53. The van der Waals surface area contributed by atoms with Crippen molar-refractivity contribution in [3.63, 3.8) is 0 Å². The van der Waals surface area contributed by atoms with Gasteiger partial charge >= 0.3 is 6.18 Å². The van der Waals surface area contributed by atoms with Gasteiger partial charge in [0.2, 0.25) is 5.91 Å². The number of hydrogen-bond donors (Lipinski definition) is 2. The summed E-state index contributed by atoms with van der Waals surface area (Å²) in [5.41, 5.74) is 3.82. The van der Waals surface area contributed by atoms with Crippen molar-refractivity contribution < 1.29 is 22.7 Å². The first-order valence-electron chi connectivity index (χ1n) is 5.53. The molecule has 2 rings (SSSR count). The first-order chi connectivity index (χ1) is 8.81. The van der Waals surface area contributed by atoms with Crippen LogP contribution in [-0.4, -0.2) is 29.6 Å². The molecule has 0 saturated carbocycles. The molecule has 1 aliphatic heterocycles. The number of amides is 1. The molecule has 3 N–H and O–H groups in total. The van der Waals surface area contributed by atoms with Crippen molar-refractivity contribution in [3.05, 3.63) is 24.0 Å². The molecule has 8 heteroatoms. The van der Waals surface area contributed by atoms with E-state index in [1.54, 1.807) is 0 Å². The first kappa shape index (κ1) is 13.8. The fourth-order valence-electron chi connectivity index (χ4n) is 1.65. The van der Waals surface area contributed by atoms with Gasteiger partial charge in [0, 0.05) is 6.61 Å². The Morgan fingerprint density at radius 2 is 2.21 bits per heavy atom. The van der Waals surface area contributed by atoms with Crippen LogP contribution in [0.5, 0.6) is 0 Å². The van der Waals surface area contributed by atoms with Gasteiger partial charge in [-0.2, -0.15) is 13.2 Å². The molecule has 1 aromatic heterocycles. The van der Waals surface area contributed by atoms with Gasteiger partial charge in [0.05, 0.1) is 18.5 Å². The second-order valence-electron chi connectivity index (χ2n) is 4.34. The fourth-order valence-corrected chi connectivity index (χ4v) is 1.65. The third-order valence-corrected chi connectivity index (χ3v) is 2.82. The largest absolute Gasteiger partial charge is 0.433 e. The van der Waals surface area contributed by atoms with Crippen LogP contribution in [-0.2, 0) is 15.7 Å². The molecule has 0 spiro atoms. The van der Waals surface area contributed by atoms with E-state index in [9.17, 15) is 18.0 Å². The van der Waals surface area contributed by atoms with E-state index in [0.29, 0.717) is 13.0 Å². The number of nitrogens with one attached hydrogen (secondary N) is 1. The molecule has 1 fully saturated rings. The van der Waals surface area contributed by atoms with Crippen LogP contribution in [0.25, 0.3) is 0 Å². The van der Waals surface area contributed by atoms with Crippen LogP contribution in [0.4, 0.5) is 18.9 Å². The minimum Gasteiger partial charge on any atom is -0.379 e.